The average molecular weight is 420 g/mol. The first-order valence-electron chi connectivity index (χ1n) is 6.49. The van der Waals surface area contributed by atoms with E-state index in [0.717, 1.165) is 22.6 Å². The Hall–Kier alpha value is -0.850. The van der Waals surface area contributed by atoms with Gasteiger partial charge in [-0.25, -0.2) is 8.78 Å². The van der Waals surface area contributed by atoms with Gasteiger partial charge in [0.1, 0.15) is 0 Å². The normalized spacial score (nSPS) is 12.4. The van der Waals surface area contributed by atoms with Gasteiger partial charge in [0.2, 0.25) is 0 Å². The number of halogens is 4. The van der Waals surface area contributed by atoms with Gasteiger partial charge in [-0.15, -0.1) is 0 Å². The van der Waals surface area contributed by atoms with Crippen LogP contribution < -0.4 is 5.32 Å². The molecule has 6 heteroatoms. The molecule has 0 aliphatic rings. The highest BCUT2D eigenvalue weighted by Crippen LogP contribution is 2.30. The van der Waals surface area contributed by atoms with E-state index in [-0.39, 0.29) is 10.5 Å². The largest absolute Gasteiger partial charge is 0.310 e. The predicted molar refractivity (Wildman–Crippen MR) is 86.1 cm³/mol. The van der Waals surface area contributed by atoms with Gasteiger partial charge in [0.15, 0.2) is 11.6 Å². The lowest BCUT2D eigenvalue weighted by molar-refractivity contribution is 0.491. The fraction of sp³-hybridized carbons (Fsp3) is 0.267. The topological polar surface area (TPSA) is 24.9 Å². The molecule has 0 aliphatic carbocycles. The Labute approximate surface area is 139 Å². The van der Waals surface area contributed by atoms with Crippen LogP contribution in [0.1, 0.15) is 24.1 Å². The van der Waals surface area contributed by atoms with Gasteiger partial charge in [-0.2, -0.15) is 0 Å². The Morgan fingerprint density at radius 2 is 2.00 bits per heavy atom. The fourth-order valence-electron chi connectivity index (χ4n) is 2.15. The molecule has 112 valence electrons. The van der Waals surface area contributed by atoms with Crippen LogP contribution in [0.15, 0.2) is 39.5 Å². The molecule has 0 saturated heterocycles. The van der Waals surface area contributed by atoms with Crippen molar-refractivity contribution in [3.05, 3.63) is 62.3 Å². The van der Waals surface area contributed by atoms with Crippen LogP contribution in [0.5, 0.6) is 0 Å². The summed E-state index contributed by atoms with van der Waals surface area (Å²) in [6, 6.07) is 4.58. The molecule has 2 rings (SSSR count). The molecular formula is C15H14Br2F2N2. The summed E-state index contributed by atoms with van der Waals surface area (Å²) in [7, 11) is 0. The van der Waals surface area contributed by atoms with Gasteiger partial charge in [0, 0.05) is 22.9 Å². The molecule has 0 spiro atoms. The highest BCUT2D eigenvalue weighted by Gasteiger charge is 2.19. The van der Waals surface area contributed by atoms with Gasteiger partial charge in [0.05, 0.1) is 4.47 Å². The second kappa shape index (κ2) is 7.42. The van der Waals surface area contributed by atoms with Crippen LogP contribution in [0.25, 0.3) is 0 Å². The number of hydrogen-bond donors (Lipinski definition) is 1. The molecule has 0 fully saturated rings. The van der Waals surface area contributed by atoms with E-state index in [9.17, 15) is 8.78 Å². The number of likely N-dealkylation sites (N-methyl/N-ethyl adjacent to an activating group) is 1. The van der Waals surface area contributed by atoms with E-state index in [4.69, 9.17) is 0 Å². The Morgan fingerprint density at radius 1 is 1.24 bits per heavy atom. The van der Waals surface area contributed by atoms with E-state index < -0.39 is 11.6 Å². The number of nitrogens with zero attached hydrogens (tertiary/aromatic N) is 1. The van der Waals surface area contributed by atoms with E-state index in [0.29, 0.717) is 12.0 Å². The molecule has 0 bridgehead atoms. The molecular weight excluding hydrogens is 406 g/mol. The molecule has 2 aromatic rings. The number of rotatable bonds is 5. The monoisotopic (exact) mass is 418 g/mol. The molecule has 1 heterocycles. The first-order valence-corrected chi connectivity index (χ1v) is 8.07. The summed E-state index contributed by atoms with van der Waals surface area (Å²) < 4.78 is 28.0. The van der Waals surface area contributed by atoms with Gasteiger partial charge in [-0.3, -0.25) is 4.98 Å². The van der Waals surface area contributed by atoms with Crippen molar-refractivity contribution in [3.8, 4) is 0 Å². The van der Waals surface area contributed by atoms with Crippen molar-refractivity contribution in [2.24, 2.45) is 0 Å². The maximum atomic E-state index is 13.7. The predicted octanol–water partition coefficient (Wildman–Crippen LogP) is 4.78. The SMILES string of the molecule is CCNC(Cc1cncc(Br)c1)c1ccc(F)c(F)c1Br. The van der Waals surface area contributed by atoms with Gasteiger partial charge in [-0.05, 0) is 68.1 Å². The zero-order valence-electron chi connectivity index (χ0n) is 11.3. The van der Waals surface area contributed by atoms with Gasteiger partial charge in [-0.1, -0.05) is 13.0 Å². The minimum atomic E-state index is -0.859. The van der Waals surface area contributed by atoms with Gasteiger partial charge >= 0.3 is 0 Å². The first-order chi connectivity index (χ1) is 10.0. The second-order valence-electron chi connectivity index (χ2n) is 4.59. The maximum Gasteiger partial charge on any atom is 0.173 e. The van der Waals surface area contributed by atoms with Gasteiger partial charge < -0.3 is 5.32 Å². The van der Waals surface area contributed by atoms with E-state index in [1.54, 1.807) is 18.5 Å². The third-order valence-electron chi connectivity index (χ3n) is 3.09. The number of benzene rings is 1. The standard InChI is InChI=1S/C15H14Br2F2N2/c1-2-21-13(6-9-5-10(16)8-20-7-9)11-3-4-12(18)15(19)14(11)17/h3-5,7-8,13,21H,2,6H2,1H3. The molecule has 0 amide bonds. The molecule has 1 unspecified atom stereocenters. The van der Waals surface area contributed by atoms with Crippen LogP contribution in [0.2, 0.25) is 0 Å². The first kappa shape index (κ1) is 16.5. The average Bonchev–Trinajstić information content (AvgIpc) is 2.45. The lowest BCUT2D eigenvalue weighted by Gasteiger charge is -2.20. The van der Waals surface area contributed by atoms with Gasteiger partial charge in [0.25, 0.3) is 0 Å². The Bertz CT molecular complexity index is 635. The van der Waals surface area contributed by atoms with Crippen LogP contribution >= 0.6 is 31.9 Å². The number of nitrogens with one attached hydrogen (secondary N) is 1. The Morgan fingerprint density at radius 3 is 2.67 bits per heavy atom. The van der Waals surface area contributed by atoms with Crippen molar-refractivity contribution in [1.29, 1.82) is 0 Å². The van der Waals surface area contributed by atoms with Crippen molar-refractivity contribution in [2.75, 3.05) is 6.54 Å². The van der Waals surface area contributed by atoms with Crippen LogP contribution in [0.3, 0.4) is 0 Å². The summed E-state index contributed by atoms with van der Waals surface area (Å²) in [6.45, 7) is 2.69. The molecule has 0 saturated carbocycles. The van der Waals surface area contributed by atoms with Crippen LogP contribution in [0.4, 0.5) is 8.78 Å². The van der Waals surface area contributed by atoms with Crippen molar-refractivity contribution in [2.45, 2.75) is 19.4 Å². The Kier molecular flexibility index (Phi) is 5.84. The van der Waals surface area contributed by atoms with E-state index in [1.807, 2.05) is 13.0 Å². The zero-order valence-corrected chi connectivity index (χ0v) is 14.5. The summed E-state index contributed by atoms with van der Waals surface area (Å²) in [5, 5.41) is 3.29. The molecule has 0 radical (unpaired) electrons. The summed E-state index contributed by atoms with van der Waals surface area (Å²) in [6.07, 6.45) is 4.10. The minimum absolute atomic E-state index is 0.129. The number of aromatic nitrogens is 1. The minimum Gasteiger partial charge on any atom is -0.310 e. The molecule has 1 aromatic heterocycles. The third kappa shape index (κ3) is 4.08. The van der Waals surface area contributed by atoms with Crippen molar-refractivity contribution in [3.63, 3.8) is 0 Å². The maximum absolute atomic E-state index is 13.7. The summed E-state index contributed by atoms with van der Waals surface area (Å²) >= 11 is 6.53. The summed E-state index contributed by atoms with van der Waals surface area (Å²) in [5.74, 6) is -1.72. The molecule has 2 nitrogen and oxygen atoms in total. The summed E-state index contributed by atoms with van der Waals surface area (Å²) in [5.41, 5.74) is 1.70. The van der Waals surface area contributed by atoms with Crippen LogP contribution in [0, 0.1) is 11.6 Å². The van der Waals surface area contributed by atoms with E-state index >= 15 is 0 Å². The number of hydrogen-bond acceptors (Lipinski definition) is 2. The smallest absolute Gasteiger partial charge is 0.173 e. The molecule has 1 aromatic carbocycles. The highest BCUT2D eigenvalue weighted by atomic mass is 79.9. The quantitative estimate of drug-likeness (QED) is 0.705. The molecule has 1 atom stereocenters. The fourth-order valence-corrected chi connectivity index (χ4v) is 3.16. The highest BCUT2D eigenvalue weighted by molar-refractivity contribution is 9.10. The third-order valence-corrected chi connectivity index (χ3v) is 4.33. The second-order valence-corrected chi connectivity index (χ2v) is 6.30. The van der Waals surface area contributed by atoms with Crippen LogP contribution in [-0.4, -0.2) is 11.5 Å². The Balaban J connectivity index is 2.33. The number of pyridine rings is 1. The summed E-state index contributed by atoms with van der Waals surface area (Å²) in [4.78, 5) is 4.12. The van der Waals surface area contributed by atoms with Crippen molar-refractivity contribution >= 4 is 31.9 Å². The molecule has 1 N–H and O–H groups in total. The van der Waals surface area contributed by atoms with Crippen molar-refractivity contribution in [1.82, 2.24) is 10.3 Å². The molecule has 0 aliphatic heterocycles. The lowest BCUT2D eigenvalue weighted by atomic mass is 9.99. The van der Waals surface area contributed by atoms with E-state index in [2.05, 4.69) is 42.2 Å². The van der Waals surface area contributed by atoms with Crippen LogP contribution in [-0.2, 0) is 6.42 Å². The van der Waals surface area contributed by atoms with E-state index in [1.165, 1.54) is 0 Å². The zero-order chi connectivity index (χ0) is 15.4. The molecule has 21 heavy (non-hydrogen) atoms. The lowest BCUT2D eigenvalue weighted by Crippen LogP contribution is -2.23. The van der Waals surface area contributed by atoms with Crippen molar-refractivity contribution < 1.29 is 8.78 Å².